The number of hydrogen-bond donors (Lipinski definition) is 0. The van der Waals surface area contributed by atoms with Crippen LogP contribution in [0.5, 0.6) is 0 Å². The lowest BCUT2D eigenvalue weighted by Crippen LogP contribution is -2.60. The Morgan fingerprint density at radius 3 is 1.90 bits per heavy atom. The number of alkyl halides is 9. The fraction of sp³-hybridized carbons (Fsp3) is 0.350. The molecule has 2 rings (SSSR count). The minimum atomic E-state index is -6.85. The molecule has 0 aliphatic carbocycles. The Morgan fingerprint density at radius 2 is 1.48 bits per heavy atom. The Kier molecular flexibility index (Phi) is 6.39. The molecule has 0 aromatic heterocycles. The second-order valence-corrected chi connectivity index (χ2v) is 6.57. The van der Waals surface area contributed by atoms with Gasteiger partial charge in [-0.3, -0.25) is 0 Å². The molecule has 167 valence electrons. The lowest BCUT2D eigenvalue weighted by Gasteiger charge is -2.37. The number of aryl methyl sites for hydroxylation is 1. The van der Waals surface area contributed by atoms with Crippen molar-refractivity contribution in [2.24, 2.45) is 0 Å². The van der Waals surface area contributed by atoms with Crippen LogP contribution in [0.15, 0.2) is 30.3 Å². The largest absolute Gasteiger partial charge is 0.457 e. The van der Waals surface area contributed by atoms with Gasteiger partial charge < -0.3 is 4.74 Å². The highest BCUT2D eigenvalue weighted by Crippen LogP contribution is 2.60. The molecule has 0 spiro atoms. The van der Waals surface area contributed by atoms with Gasteiger partial charge in [0.2, 0.25) is 0 Å². The molecule has 0 aliphatic heterocycles. The number of nitrogens with zero attached hydrogens (tertiary/aromatic N) is 1. The summed E-state index contributed by atoms with van der Waals surface area (Å²) in [6, 6.07) is 8.65. The third kappa shape index (κ3) is 4.08. The van der Waals surface area contributed by atoms with Crippen LogP contribution in [0.4, 0.5) is 39.5 Å². The zero-order valence-electron chi connectivity index (χ0n) is 15.9. The molecule has 11 heteroatoms. The van der Waals surface area contributed by atoms with Crippen molar-refractivity contribution in [3.8, 4) is 17.2 Å². The number of ether oxygens (including phenoxy) is 1. The highest BCUT2D eigenvalue weighted by molar-refractivity contribution is 5.74. The maximum Gasteiger partial charge on any atom is 0.457 e. The molecule has 0 saturated carbocycles. The molecule has 2 aromatic carbocycles. The highest BCUT2D eigenvalue weighted by atomic mass is 19.4. The first-order valence-corrected chi connectivity index (χ1v) is 8.37. The van der Waals surface area contributed by atoms with Gasteiger partial charge in [-0.05, 0) is 47.4 Å². The topological polar surface area (TPSA) is 33.0 Å². The fourth-order valence-electron chi connectivity index (χ4n) is 3.05. The zero-order valence-corrected chi connectivity index (χ0v) is 15.9. The van der Waals surface area contributed by atoms with E-state index in [-0.39, 0.29) is 28.3 Å². The number of halogens is 9. The molecule has 1 radical (unpaired) electrons. The minimum absolute atomic E-state index is 0.0256. The SMILES string of the molecule is COCc1[c]c(C)cc(C(F)(C(F)(F)F)C(F)(F)C(F)(F)F)c1-c1ccc(C#N)cc1. The van der Waals surface area contributed by atoms with Crippen LogP contribution in [0.3, 0.4) is 0 Å². The number of methoxy groups -OCH3 is 1. The van der Waals surface area contributed by atoms with Crippen molar-refractivity contribution in [1.29, 1.82) is 5.26 Å². The van der Waals surface area contributed by atoms with E-state index in [1.54, 1.807) is 6.07 Å². The molecular weight excluding hydrogens is 441 g/mol. The summed E-state index contributed by atoms with van der Waals surface area (Å²) in [6.07, 6.45) is -13.5. The summed E-state index contributed by atoms with van der Waals surface area (Å²) in [4.78, 5) is 0. The Bertz CT molecular complexity index is 988. The molecule has 2 nitrogen and oxygen atoms in total. The number of rotatable bonds is 5. The summed E-state index contributed by atoms with van der Waals surface area (Å²) < 4.78 is 128. The molecule has 0 amide bonds. The maximum atomic E-state index is 15.3. The smallest absolute Gasteiger partial charge is 0.380 e. The Labute approximate surface area is 170 Å². The molecule has 0 bridgehead atoms. The first kappa shape index (κ1) is 24.5. The van der Waals surface area contributed by atoms with Gasteiger partial charge in [0.15, 0.2) is 0 Å². The van der Waals surface area contributed by atoms with Gasteiger partial charge in [0, 0.05) is 12.7 Å². The standard InChI is InChI=1S/C20H13F9NO/c1-11-7-14(10-31-2)16(13-5-3-12(9-30)4-6-13)15(8-11)17(21,19(24,25)26)18(22,23)20(27,28)29/h3-6,8H,10H2,1-2H3. The molecule has 31 heavy (non-hydrogen) atoms. The normalized spacial score (nSPS) is 14.8. The van der Waals surface area contributed by atoms with Crippen molar-refractivity contribution in [2.75, 3.05) is 7.11 Å². The van der Waals surface area contributed by atoms with Crippen molar-refractivity contribution in [3.63, 3.8) is 0 Å². The second kappa shape index (κ2) is 8.07. The molecule has 1 atom stereocenters. The van der Waals surface area contributed by atoms with Crippen LogP contribution in [0.1, 0.15) is 22.3 Å². The Balaban J connectivity index is 3.03. The van der Waals surface area contributed by atoms with E-state index in [1.807, 2.05) is 0 Å². The Hall–Kier alpha value is -2.74. The first-order chi connectivity index (χ1) is 14.1. The van der Waals surface area contributed by atoms with Crippen molar-refractivity contribution in [2.45, 2.75) is 37.5 Å². The van der Waals surface area contributed by atoms with Gasteiger partial charge in [0.25, 0.3) is 0 Å². The van der Waals surface area contributed by atoms with Gasteiger partial charge in [-0.1, -0.05) is 18.2 Å². The monoisotopic (exact) mass is 454 g/mol. The number of benzene rings is 2. The van der Waals surface area contributed by atoms with Crippen LogP contribution < -0.4 is 0 Å². The van der Waals surface area contributed by atoms with E-state index in [0.29, 0.717) is 0 Å². The van der Waals surface area contributed by atoms with E-state index in [4.69, 9.17) is 10.00 Å². The third-order valence-corrected chi connectivity index (χ3v) is 4.42. The molecule has 0 aliphatic rings. The van der Waals surface area contributed by atoms with Crippen molar-refractivity contribution in [1.82, 2.24) is 0 Å². The van der Waals surface area contributed by atoms with Gasteiger partial charge in [0.1, 0.15) is 0 Å². The maximum absolute atomic E-state index is 15.3. The van der Waals surface area contributed by atoms with E-state index in [2.05, 4.69) is 6.07 Å². The van der Waals surface area contributed by atoms with Crippen molar-refractivity contribution >= 4 is 0 Å². The first-order valence-electron chi connectivity index (χ1n) is 8.37. The molecule has 0 saturated heterocycles. The molecule has 0 fully saturated rings. The molecule has 0 heterocycles. The summed E-state index contributed by atoms with van der Waals surface area (Å²) in [5, 5.41) is 8.85. The second-order valence-electron chi connectivity index (χ2n) is 6.57. The third-order valence-electron chi connectivity index (χ3n) is 4.42. The van der Waals surface area contributed by atoms with Gasteiger partial charge in [-0.15, -0.1) is 0 Å². The van der Waals surface area contributed by atoms with Crippen LogP contribution in [0, 0.1) is 24.3 Å². The molecule has 0 N–H and O–H groups in total. The average molecular weight is 454 g/mol. The highest BCUT2D eigenvalue weighted by Gasteiger charge is 2.82. The van der Waals surface area contributed by atoms with Gasteiger partial charge >= 0.3 is 23.9 Å². The van der Waals surface area contributed by atoms with E-state index in [0.717, 1.165) is 38.3 Å². The van der Waals surface area contributed by atoms with Crippen LogP contribution in [0.25, 0.3) is 11.1 Å². The van der Waals surface area contributed by atoms with Crippen molar-refractivity contribution < 1.29 is 44.3 Å². The lowest BCUT2D eigenvalue weighted by atomic mass is 9.80. The Morgan fingerprint density at radius 1 is 0.935 bits per heavy atom. The van der Waals surface area contributed by atoms with Crippen LogP contribution in [-0.2, 0) is 17.0 Å². The van der Waals surface area contributed by atoms with E-state index >= 15 is 4.39 Å². The van der Waals surface area contributed by atoms with Gasteiger partial charge in [0.05, 0.1) is 18.2 Å². The summed E-state index contributed by atoms with van der Waals surface area (Å²) in [5.74, 6) is -6.82. The summed E-state index contributed by atoms with van der Waals surface area (Å²) >= 11 is 0. The summed E-state index contributed by atoms with van der Waals surface area (Å²) in [5.41, 5.74) is -9.94. The van der Waals surface area contributed by atoms with Gasteiger partial charge in [-0.25, -0.2) is 4.39 Å². The minimum Gasteiger partial charge on any atom is -0.380 e. The molecule has 1 unspecified atom stereocenters. The van der Waals surface area contributed by atoms with E-state index in [9.17, 15) is 35.1 Å². The lowest BCUT2D eigenvalue weighted by molar-refractivity contribution is -0.389. The predicted octanol–water partition coefficient (Wildman–Crippen LogP) is 6.40. The summed E-state index contributed by atoms with van der Waals surface area (Å²) in [7, 11) is 1.09. The summed E-state index contributed by atoms with van der Waals surface area (Å²) in [6.45, 7) is 0.503. The fourth-order valence-corrected chi connectivity index (χ4v) is 3.05. The van der Waals surface area contributed by atoms with Crippen molar-refractivity contribution in [3.05, 3.63) is 58.7 Å². The number of nitriles is 1. The van der Waals surface area contributed by atoms with E-state index < -0.39 is 41.7 Å². The molecule has 2 aromatic rings. The van der Waals surface area contributed by atoms with Gasteiger partial charge in [-0.2, -0.15) is 40.4 Å². The predicted molar refractivity (Wildman–Crippen MR) is 90.7 cm³/mol. The molecular formula is C20H13F9NO. The quantitative estimate of drug-likeness (QED) is 0.490. The number of hydrogen-bond acceptors (Lipinski definition) is 2. The van der Waals surface area contributed by atoms with Crippen LogP contribution in [0.2, 0.25) is 0 Å². The van der Waals surface area contributed by atoms with E-state index in [1.165, 1.54) is 0 Å². The van der Waals surface area contributed by atoms with Crippen LogP contribution in [-0.4, -0.2) is 25.4 Å². The zero-order chi connectivity index (χ0) is 23.8. The van der Waals surface area contributed by atoms with Crippen LogP contribution >= 0.6 is 0 Å². The average Bonchev–Trinajstić information content (AvgIpc) is 2.65.